The van der Waals surface area contributed by atoms with Crippen molar-refractivity contribution in [3.05, 3.63) is 0 Å². The van der Waals surface area contributed by atoms with Crippen LogP contribution in [0.3, 0.4) is 0 Å². The quantitative estimate of drug-likeness (QED) is 0.734. The lowest BCUT2D eigenvalue weighted by Crippen LogP contribution is -2.46. The second-order valence-corrected chi connectivity index (χ2v) is 7.59. The molecule has 3 atom stereocenters. The molecule has 1 heterocycles. The molecule has 0 aliphatic carbocycles. The first-order valence-electron chi connectivity index (χ1n) is 6.76. The highest BCUT2D eigenvalue weighted by molar-refractivity contribution is 4.91. The van der Waals surface area contributed by atoms with Crippen molar-refractivity contribution in [2.75, 3.05) is 20.3 Å². The summed E-state index contributed by atoms with van der Waals surface area (Å²) in [6.07, 6.45) is 1.40. The van der Waals surface area contributed by atoms with Crippen molar-refractivity contribution in [3.8, 4) is 0 Å². The summed E-state index contributed by atoms with van der Waals surface area (Å²) in [7, 11) is 1.76. The van der Waals surface area contributed by atoms with Gasteiger partial charge in [-0.05, 0) is 29.1 Å². The van der Waals surface area contributed by atoms with Gasteiger partial charge in [0.1, 0.15) is 0 Å². The molecule has 1 aliphatic heterocycles. The van der Waals surface area contributed by atoms with Gasteiger partial charge in [0.05, 0.1) is 19.3 Å². The van der Waals surface area contributed by atoms with Crippen molar-refractivity contribution in [3.63, 3.8) is 0 Å². The van der Waals surface area contributed by atoms with Gasteiger partial charge in [-0.3, -0.25) is 0 Å². The van der Waals surface area contributed by atoms with Gasteiger partial charge in [-0.1, -0.05) is 41.5 Å². The normalized spacial score (nSPS) is 31.6. The first kappa shape index (κ1) is 15.0. The third kappa shape index (κ3) is 3.96. The fourth-order valence-corrected chi connectivity index (χ4v) is 2.98. The van der Waals surface area contributed by atoms with Crippen molar-refractivity contribution in [2.45, 2.75) is 54.1 Å². The van der Waals surface area contributed by atoms with Crippen molar-refractivity contribution in [2.24, 2.45) is 22.7 Å². The minimum Gasteiger partial charge on any atom is -0.382 e. The fraction of sp³-hybridized carbons (Fsp3) is 1.00. The van der Waals surface area contributed by atoms with E-state index >= 15 is 0 Å². The standard InChI is InChI=1S/C15H30O2/c1-14(2,3)12-8-11(9-16-7)17-10-13(12)15(4,5)6/h11-13H,8-10H2,1-7H3/t11?,12?,13-/m0/s1. The SMILES string of the molecule is COCC1CC(C(C)(C)C)[C@@H](C(C)(C)C)CO1. The highest BCUT2D eigenvalue weighted by atomic mass is 16.5. The van der Waals surface area contributed by atoms with E-state index in [9.17, 15) is 0 Å². The molecule has 0 N–H and O–H groups in total. The van der Waals surface area contributed by atoms with Gasteiger partial charge < -0.3 is 9.47 Å². The number of ether oxygens (including phenoxy) is 2. The van der Waals surface area contributed by atoms with E-state index in [-0.39, 0.29) is 6.10 Å². The monoisotopic (exact) mass is 242 g/mol. The van der Waals surface area contributed by atoms with Gasteiger partial charge in [-0.15, -0.1) is 0 Å². The summed E-state index contributed by atoms with van der Waals surface area (Å²) in [5.41, 5.74) is 0.656. The predicted octanol–water partition coefficient (Wildman–Crippen LogP) is 3.75. The van der Waals surface area contributed by atoms with Crippen LogP contribution in [0, 0.1) is 22.7 Å². The summed E-state index contributed by atoms with van der Waals surface area (Å²) in [6.45, 7) is 15.6. The lowest BCUT2D eigenvalue weighted by Gasteiger charge is -2.48. The van der Waals surface area contributed by atoms with Crippen molar-refractivity contribution < 1.29 is 9.47 Å². The molecule has 1 fully saturated rings. The summed E-state index contributed by atoms with van der Waals surface area (Å²) in [5.74, 6) is 1.34. The molecule has 1 saturated heterocycles. The van der Waals surface area contributed by atoms with Gasteiger partial charge in [0.25, 0.3) is 0 Å². The Labute approximate surface area is 107 Å². The Morgan fingerprint density at radius 3 is 1.94 bits per heavy atom. The summed E-state index contributed by atoms with van der Waals surface area (Å²) in [4.78, 5) is 0. The Hall–Kier alpha value is -0.0800. The van der Waals surface area contributed by atoms with Crippen LogP contribution in [0.15, 0.2) is 0 Å². The Morgan fingerprint density at radius 2 is 1.53 bits per heavy atom. The average molecular weight is 242 g/mol. The molecule has 17 heavy (non-hydrogen) atoms. The van der Waals surface area contributed by atoms with E-state index < -0.39 is 0 Å². The summed E-state index contributed by atoms with van der Waals surface area (Å²) in [5, 5.41) is 0. The zero-order chi connectivity index (χ0) is 13.3. The lowest BCUT2D eigenvalue weighted by molar-refractivity contribution is -0.124. The van der Waals surface area contributed by atoms with E-state index in [1.54, 1.807) is 7.11 Å². The van der Waals surface area contributed by atoms with E-state index in [0.29, 0.717) is 22.7 Å². The lowest BCUT2D eigenvalue weighted by atomic mass is 9.62. The molecule has 0 bridgehead atoms. The van der Waals surface area contributed by atoms with Crippen LogP contribution in [0.4, 0.5) is 0 Å². The molecular formula is C15H30O2. The Balaban J connectivity index is 2.80. The van der Waals surface area contributed by atoms with E-state index in [1.807, 2.05) is 0 Å². The number of rotatable bonds is 2. The highest BCUT2D eigenvalue weighted by Crippen LogP contribution is 2.46. The molecule has 2 unspecified atom stereocenters. The highest BCUT2D eigenvalue weighted by Gasteiger charge is 2.43. The first-order chi connectivity index (χ1) is 7.66. The second kappa shape index (κ2) is 5.27. The molecule has 102 valence electrons. The second-order valence-electron chi connectivity index (χ2n) is 7.59. The van der Waals surface area contributed by atoms with Crippen LogP contribution in [-0.2, 0) is 9.47 Å². The Kier molecular flexibility index (Phi) is 4.65. The van der Waals surface area contributed by atoms with Gasteiger partial charge in [0.15, 0.2) is 0 Å². The molecule has 1 rings (SSSR count). The molecule has 0 aromatic heterocycles. The molecule has 0 aromatic carbocycles. The maximum atomic E-state index is 5.96. The van der Waals surface area contributed by atoms with Crippen LogP contribution in [-0.4, -0.2) is 26.4 Å². The number of hydrogen-bond acceptors (Lipinski definition) is 2. The molecular weight excluding hydrogens is 212 g/mol. The van der Waals surface area contributed by atoms with Gasteiger partial charge in [0, 0.05) is 7.11 Å². The van der Waals surface area contributed by atoms with Crippen molar-refractivity contribution in [1.82, 2.24) is 0 Å². The molecule has 2 heteroatoms. The van der Waals surface area contributed by atoms with Crippen LogP contribution in [0.25, 0.3) is 0 Å². The largest absolute Gasteiger partial charge is 0.382 e. The third-order valence-electron chi connectivity index (χ3n) is 4.09. The summed E-state index contributed by atoms with van der Waals surface area (Å²) in [6, 6.07) is 0. The maximum absolute atomic E-state index is 5.96. The third-order valence-corrected chi connectivity index (χ3v) is 4.09. The topological polar surface area (TPSA) is 18.5 Å². The van der Waals surface area contributed by atoms with Gasteiger partial charge in [-0.25, -0.2) is 0 Å². The number of hydrogen-bond donors (Lipinski definition) is 0. The van der Waals surface area contributed by atoms with Gasteiger partial charge in [0.2, 0.25) is 0 Å². The van der Waals surface area contributed by atoms with Gasteiger partial charge >= 0.3 is 0 Å². The van der Waals surface area contributed by atoms with Crippen molar-refractivity contribution >= 4 is 0 Å². The van der Waals surface area contributed by atoms with Crippen LogP contribution >= 0.6 is 0 Å². The molecule has 2 nitrogen and oxygen atoms in total. The minimum absolute atomic E-state index is 0.280. The summed E-state index contributed by atoms with van der Waals surface area (Å²) < 4.78 is 11.2. The average Bonchev–Trinajstić information content (AvgIpc) is 2.15. The first-order valence-corrected chi connectivity index (χ1v) is 6.76. The zero-order valence-corrected chi connectivity index (χ0v) is 12.7. The minimum atomic E-state index is 0.280. The predicted molar refractivity (Wildman–Crippen MR) is 72.1 cm³/mol. The Bertz CT molecular complexity index is 234. The van der Waals surface area contributed by atoms with E-state index in [2.05, 4.69) is 41.5 Å². The van der Waals surface area contributed by atoms with E-state index in [4.69, 9.17) is 9.47 Å². The molecule has 1 aliphatic rings. The fourth-order valence-electron chi connectivity index (χ4n) is 2.98. The van der Waals surface area contributed by atoms with Crippen LogP contribution < -0.4 is 0 Å². The Morgan fingerprint density at radius 1 is 1.00 bits per heavy atom. The number of methoxy groups -OCH3 is 1. The van der Waals surface area contributed by atoms with Crippen LogP contribution in [0.5, 0.6) is 0 Å². The van der Waals surface area contributed by atoms with E-state index in [0.717, 1.165) is 19.6 Å². The van der Waals surface area contributed by atoms with E-state index in [1.165, 1.54) is 0 Å². The van der Waals surface area contributed by atoms with Gasteiger partial charge in [-0.2, -0.15) is 0 Å². The molecule has 0 spiro atoms. The molecule has 0 radical (unpaired) electrons. The maximum Gasteiger partial charge on any atom is 0.0811 e. The van der Waals surface area contributed by atoms with Crippen LogP contribution in [0.1, 0.15) is 48.0 Å². The van der Waals surface area contributed by atoms with Crippen LogP contribution in [0.2, 0.25) is 0 Å². The van der Waals surface area contributed by atoms with Crippen molar-refractivity contribution in [1.29, 1.82) is 0 Å². The molecule has 0 saturated carbocycles. The zero-order valence-electron chi connectivity index (χ0n) is 12.7. The molecule has 0 aromatic rings. The molecule has 0 amide bonds. The smallest absolute Gasteiger partial charge is 0.0811 e. The summed E-state index contributed by atoms with van der Waals surface area (Å²) >= 11 is 0.